The summed E-state index contributed by atoms with van der Waals surface area (Å²) in [6.07, 6.45) is 1.77. The quantitative estimate of drug-likeness (QED) is 0.511. The third kappa shape index (κ3) is 1.80. The minimum Gasteiger partial charge on any atom is -0.341 e. The average Bonchev–Trinajstić information content (AvgIpc) is 3.20. The lowest BCUT2D eigenvalue weighted by atomic mass is 10.1. The number of aryl methyl sites for hydroxylation is 1. The van der Waals surface area contributed by atoms with E-state index in [0.29, 0.717) is 0 Å². The maximum atomic E-state index is 4.62. The summed E-state index contributed by atoms with van der Waals surface area (Å²) in [7, 11) is 0. The highest BCUT2D eigenvalue weighted by molar-refractivity contribution is 6.09. The molecule has 0 atom stereocenters. The summed E-state index contributed by atoms with van der Waals surface area (Å²) in [4.78, 5) is 12.3. The Bertz CT molecular complexity index is 1160. The normalized spacial score (nSPS) is 11.7. The van der Waals surface area contributed by atoms with Crippen molar-refractivity contribution in [1.82, 2.24) is 19.5 Å². The van der Waals surface area contributed by atoms with E-state index < -0.39 is 0 Å². The first-order chi connectivity index (χ1) is 11.8. The van der Waals surface area contributed by atoms with E-state index in [2.05, 4.69) is 68.9 Å². The van der Waals surface area contributed by atoms with Gasteiger partial charge in [0.2, 0.25) is 0 Å². The van der Waals surface area contributed by atoms with E-state index in [9.17, 15) is 0 Å². The Balaban J connectivity index is 1.80. The van der Waals surface area contributed by atoms with Crippen LogP contribution >= 0.6 is 0 Å². The maximum absolute atomic E-state index is 4.62. The average molecular weight is 312 g/mol. The van der Waals surface area contributed by atoms with Crippen molar-refractivity contribution in [1.29, 1.82) is 0 Å². The molecule has 0 aliphatic heterocycles. The van der Waals surface area contributed by atoms with Crippen molar-refractivity contribution in [2.24, 2.45) is 0 Å². The van der Waals surface area contributed by atoms with Crippen LogP contribution in [0.4, 0.5) is 0 Å². The van der Waals surface area contributed by atoms with Crippen LogP contribution in [0.15, 0.2) is 60.8 Å². The molecule has 1 N–H and O–H groups in total. The molecule has 116 valence electrons. The second kappa shape index (κ2) is 4.93. The molecule has 0 aliphatic carbocycles. The van der Waals surface area contributed by atoms with Crippen LogP contribution in [0.1, 0.15) is 6.92 Å². The summed E-state index contributed by atoms with van der Waals surface area (Å²) < 4.78 is 2.36. The fourth-order valence-corrected chi connectivity index (χ4v) is 3.52. The van der Waals surface area contributed by atoms with Crippen molar-refractivity contribution < 1.29 is 0 Å². The fourth-order valence-electron chi connectivity index (χ4n) is 3.52. The lowest BCUT2D eigenvalue weighted by molar-refractivity contribution is 0.827. The van der Waals surface area contributed by atoms with Gasteiger partial charge in [0.1, 0.15) is 5.82 Å². The predicted molar refractivity (Wildman–Crippen MR) is 98.0 cm³/mol. The van der Waals surface area contributed by atoms with Gasteiger partial charge in [0.15, 0.2) is 5.65 Å². The molecule has 0 unspecified atom stereocenters. The molecule has 2 aromatic carbocycles. The molecule has 3 heterocycles. The predicted octanol–water partition coefficient (Wildman–Crippen LogP) is 4.75. The van der Waals surface area contributed by atoms with Crippen LogP contribution in [0.2, 0.25) is 0 Å². The van der Waals surface area contributed by atoms with E-state index in [-0.39, 0.29) is 0 Å². The highest BCUT2D eigenvalue weighted by Gasteiger charge is 2.12. The van der Waals surface area contributed by atoms with Crippen LogP contribution in [-0.2, 0) is 6.54 Å². The number of para-hydroxylation sites is 1. The van der Waals surface area contributed by atoms with Crippen LogP contribution in [0.25, 0.3) is 44.4 Å². The van der Waals surface area contributed by atoms with Gasteiger partial charge in [-0.1, -0.05) is 18.2 Å². The third-order valence-electron chi connectivity index (χ3n) is 4.62. The molecule has 4 heteroatoms. The van der Waals surface area contributed by atoms with E-state index in [4.69, 9.17) is 0 Å². The number of nitrogens with zero attached hydrogens (tertiary/aromatic N) is 3. The zero-order valence-corrected chi connectivity index (χ0v) is 13.3. The molecular formula is C20H16N4. The second-order valence-electron chi connectivity index (χ2n) is 5.95. The van der Waals surface area contributed by atoms with Crippen molar-refractivity contribution >= 4 is 33.0 Å². The van der Waals surface area contributed by atoms with Crippen LogP contribution in [-0.4, -0.2) is 19.5 Å². The van der Waals surface area contributed by atoms with Crippen LogP contribution in [0.3, 0.4) is 0 Å². The van der Waals surface area contributed by atoms with E-state index >= 15 is 0 Å². The first-order valence-electron chi connectivity index (χ1n) is 8.17. The summed E-state index contributed by atoms with van der Waals surface area (Å²) in [5, 5.41) is 2.55. The lowest BCUT2D eigenvalue weighted by Gasteiger charge is -2.03. The molecule has 0 saturated heterocycles. The Kier molecular flexibility index (Phi) is 2.73. The monoisotopic (exact) mass is 312 g/mol. The molecule has 4 nitrogen and oxygen atoms in total. The Labute approximate surface area is 138 Å². The Hall–Kier alpha value is -3.14. The number of rotatable bonds is 2. The number of nitrogens with one attached hydrogen (secondary N) is 1. The van der Waals surface area contributed by atoms with Crippen molar-refractivity contribution in [3.05, 3.63) is 60.8 Å². The van der Waals surface area contributed by atoms with Gasteiger partial charge in [-0.05, 0) is 43.3 Å². The number of benzene rings is 2. The minimum absolute atomic E-state index is 0.753. The van der Waals surface area contributed by atoms with Gasteiger partial charge in [0.25, 0.3) is 0 Å². The number of fused-ring (bicyclic) bond motifs is 4. The van der Waals surface area contributed by atoms with Gasteiger partial charge in [-0.15, -0.1) is 0 Å². The molecular weight excluding hydrogens is 296 g/mol. The third-order valence-corrected chi connectivity index (χ3v) is 4.62. The second-order valence-corrected chi connectivity index (χ2v) is 5.95. The smallest absolute Gasteiger partial charge is 0.178 e. The summed E-state index contributed by atoms with van der Waals surface area (Å²) in [6.45, 7) is 3.14. The first-order valence-corrected chi connectivity index (χ1v) is 8.17. The van der Waals surface area contributed by atoms with Gasteiger partial charge in [0, 0.05) is 40.1 Å². The van der Waals surface area contributed by atoms with Gasteiger partial charge in [0.05, 0.1) is 5.52 Å². The Morgan fingerprint density at radius 2 is 1.83 bits per heavy atom. The largest absolute Gasteiger partial charge is 0.341 e. The topological polar surface area (TPSA) is 46.5 Å². The van der Waals surface area contributed by atoms with E-state index in [0.717, 1.165) is 29.1 Å². The molecule has 0 fully saturated rings. The van der Waals surface area contributed by atoms with E-state index in [1.165, 1.54) is 21.8 Å². The van der Waals surface area contributed by atoms with Gasteiger partial charge in [-0.25, -0.2) is 9.97 Å². The number of H-pyrrole nitrogens is 1. The highest BCUT2D eigenvalue weighted by atomic mass is 15.0. The number of pyridine rings is 1. The summed E-state index contributed by atoms with van der Waals surface area (Å²) in [5.74, 6) is 0.860. The maximum Gasteiger partial charge on any atom is 0.178 e. The molecule has 0 spiro atoms. The first kappa shape index (κ1) is 13.3. The van der Waals surface area contributed by atoms with Crippen LogP contribution in [0.5, 0.6) is 0 Å². The van der Waals surface area contributed by atoms with E-state index in [1.807, 2.05) is 12.1 Å². The molecule has 0 radical (unpaired) electrons. The fraction of sp³-hybridized carbons (Fsp3) is 0.100. The lowest BCUT2D eigenvalue weighted by Crippen LogP contribution is -1.92. The van der Waals surface area contributed by atoms with Crippen LogP contribution < -0.4 is 0 Å². The highest BCUT2D eigenvalue weighted by Crippen LogP contribution is 2.32. The van der Waals surface area contributed by atoms with Gasteiger partial charge >= 0.3 is 0 Å². The zero-order valence-electron chi connectivity index (χ0n) is 13.3. The Morgan fingerprint density at radius 3 is 2.71 bits per heavy atom. The summed E-state index contributed by atoms with van der Waals surface area (Å²) >= 11 is 0. The molecule has 5 rings (SSSR count). The number of imidazole rings is 1. The standard InChI is InChI=1S/C20H16N4/c1-2-24-17-8-4-3-6-14(17)15-12-13(9-10-18(15)24)19-22-16-7-5-11-21-20(16)23-19/h3-12H,2H2,1H3,(H,21,22,23). The number of hydrogen-bond acceptors (Lipinski definition) is 2. The molecule has 0 bridgehead atoms. The number of aromatic amines is 1. The van der Waals surface area contributed by atoms with Gasteiger partial charge < -0.3 is 9.55 Å². The summed E-state index contributed by atoms with van der Waals surface area (Å²) in [5.41, 5.74) is 5.33. The number of hydrogen-bond donors (Lipinski definition) is 1. The van der Waals surface area contributed by atoms with E-state index in [1.54, 1.807) is 6.20 Å². The molecule has 3 aromatic heterocycles. The minimum atomic E-state index is 0.753. The molecule has 0 saturated carbocycles. The van der Waals surface area contributed by atoms with Gasteiger partial charge in [-0.2, -0.15) is 0 Å². The Morgan fingerprint density at radius 1 is 0.958 bits per heavy atom. The molecule has 0 amide bonds. The zero-order chi connectivity index (χ0) is 16.1. The van der Waals surface area contributed by atoms with Crippen molar-refractivity contribution in [3.63, 3.8) is 0 Å². The molecule has 0 aliphatic rings. The van der Waals surface area contributed by atoms with Crippen molar-refractivity contribution in [2.45, 2.75) is 13.5 Å². The van der Waals surface area contributed by atoms with Gasteiger partial charge in [-0.3, -0.25) is 0 Å². The SMILES string of the molecule is CCn1c2ccccc2c2cc(-c3nc4ncccc4[nH]3)ccc21. The van der Waals surface area contributed by atoms with Crippen molar-refractivity contribution in [2.75, 3.05) is 0 Å². The summed E-state index contributed by atoms with van der Waals surface area (Å²) in [6, 6.07) is 19.0. The molecule has 5 aromatic rings. The number of aromatic nitrogens is 4. The van der Waals surface area contributed by atoms with Crippen LogP contribution in [0, 0.1) is 0 Å². The molecule has 24 heavy (non-hydrogen) atoms. The van der Waals surface area contributed by atoms with Crippen molar-refractivity contribution in [3.8, 4) is 11.4 Å².